The highest BCUT2D eigenvalue weighted by atomic mass is 19.1. The summed E-state index contributed by atoms with van der Waals surface area (Å²) in [5, 5.41) is 9.30. The fourth-order valence-electron chi connectivity index (χ4n) is 2.17. The van der Waals surface area contributed by atoms with Crippen molar-refractivity contribution in [3.05, 3.63) is 29.6 Å². The van der Waals surface area contributed by atoms with Crippen LogP contribution in [0.3, 0.4) is 0 Å². The van der Waals surface area contributed by atoms with Gasteiger partial charge in [-0.2, -0.15) is 0 Å². The molecule has 0 aliphatic rings. The number of carboxylic acids is 1. The third-order valence-corrected chi connectivity index (χ3v) is 3.21. The summed E-state index contributed by atoms with van der Waals surface area (Å²) in [5.41, 5.74) is 5.96. The molecule has 1 atom stereocenters. The lowest BCUT2D eigenvalue weighted by Gasteiger charge is -2.23. The van der Waals surface area contributed by atoms with Gasteiger partial charge < -0.3 is 10.8 Å². The highest BCUT2D eigenvalue weighted by Crippen LogP contribution is 2.34. The van der Waals surface area contributed by atoms with Gasteiger partial charge in [-0.25, -0.2) is 4.39 Å². The van der Waals surface area contributed by atoms with E-state index in [1.807, 2.05) is 13.8 Å². The minimum absolute atomic E-state index is 0.0309. The summed E-state index contributed by atoms with van der Waals surface area (Å²) in [6.07, 6.45) is 1.45. The van der Waals surface area contributed by atoms with Crippen molar-refractivity contribution in [1.29, 1.82) is 0 Å². The number of benzene rings is 1. The molecule has 0 aromatic heterocycles. The van der Waals surface area contributed by atoms with Crippen molar-refractivity contribution < 1.29 is 14.3 Å². The van der Waals surface area contributed by atoms with Crippen molar-refractivity contribution in [2.24, 2.45) is 5.92 Å². The van der Waals surface area contributed by atoms with Gasteiger partial charge in [-0.05, 0) is 17.5 Å². The van der Waals surface area contributed by atoms with Crippen LogP contribution in [0, 0.1) is 11.7 Å². The molecule has 0 saturated carbocycles. The van der Waals surface area contributed by atoms with Gasteiger partial charge in [-0.15, -0.1) is 0 Å². The summed E-state index contributed by atoms with van der Waals surface area (Å²) in [6.45, 7) is 3.86. The first kappa shape index (κ1) is 13.5. The van der Waals surface area contributed by atoms with Gasteiger partial charge in [-0.1, -0.05) is 38.8 Å². The zero-order chi connectivity index (χ0) is 13.0. The maximum Gasteiger partial charge on any atom is 0.311 e. The number of nitrogens with two attached hydrogens (primary N) is 1. The molecule has 0 radical (unpaired) electrons. The van der Waals surface area contributed by atoms with Gasteiger partial charge in [0.15, 0.2) is 0 Å². The van der Waals surface area contributed by atoms with E-state index in [1.165, 1.54) is 12.1 Å². The zero-order valence-electron chi connectivity index (χ0n) is 10.1. The maximum absolute atomic E-state index is 13.4. The van der Waals surface area contributed by atoms with Crippen molar-refractivity contribution in [1.82, 2.24) is 0 Å². The fourth-order valence-corrected chi connectivity index (χ4v) is 2.17. The minimum Gasteiger partial charge on any atom is -0.481 e. The Morgan fingerprint density at radius 3 is 2.47 bits per heavy atom. The number of halogens is 1. The third kappa shape index (κ3) is 2.75. The molecule has 0 aliphatic heterocycles. The van der Waals surface area contributed by atoms with Crippen molar-refractivity contribution in [2.75, 3.05) is 5.73 Å². The first-order valence-electron chi connectivity index (χ1n) is 5.79. The van der Waals surface area contributed by atoms with Crippen molar-refractivity contribution in [3.8, 4) is 0 Å². The second-order valence-electron chi connectivity index (χ2n) is 4.14. The first-order chi connectivity index (χ1) is 8.02. The van der Waals surface area contributed by atoms with Gasteiger partial charge >= 0.3 is 5.97 Å². The molecule has 0 aliphatic carbocycles. The molecule has 0 bridgehead atoms. The highest BCUT2D eigenvalue weighted by Gasteiger charge is 2.29. The molecule has 94 valence electrons. The Bertz CT molecular complexity index is 402. The molecule has 0 amide bonds. The van der Waals surface area contributed by atoms with Crippen LogP contribution in [-0.2, 0) is 4.79 Å². The number of hydrogen-bond acceptors (Lipinski definition) is 2. The van der Waals surface area contributed by atoms with Crippen LogP contribution in [0.1, 0.15) is 38.2 Å². The number of nitrogen functional groups attached to an aromatic ring is 1. The monoisotopic (exact) mass is 239 g/mol. The van der Waals surface area contributed by atoms with Crippen LogP contribution in [0.5, 0.6) is 0 Å². The lowest BCUT2D eigenvalue weighted by Crippen LogP contribution is -2.22. The molecule has 0 fully saturated rings. The average molecular weight is 239 g/mol. The number of para-hydroxylation sites is 1. The largest absolute Gasteiger partial charge is 0.481 e. The number of aliphatic carboxylic acids is 1. The molecular formula is C13H18FNO2. The summed E-state index contributed by atoms with van der Waals surface area (Å²) in [4.78, 5) is 11.3. The summed E-state index contributed by atoms with van der Waals surface area (Å²) < 4.78 is 13.4. The molecule has 1 unspecified atom stereocenters. The predicted octanol–water partition coefficient (Wildman–Crippen LogP) is 3.01. The zero-order valence-corrected chi connectivity index (χ0v) is 10.1. The van der Waals surface area contributed by atoms with Crippen LogP contribution in [0.4, 0.5) is 10.1 Å². The first-order valence-corrected chi connectivity index (χ1v) is 5.79. The highest BCUT2D eigenvalue weighted by molar-refractivity contribution is 5.79. The van der Waals surface area contributed by atoms with Crippen LogP contribution < -0.4 is 5.73 Å². The van der Waals surface area contributed by atoms with E-state index in [0.29, 0.717) is 5.56 Å². The summed E-state index contributed by atoms with van der Waals surface area (Å²) >= 11 is 0. The van der Waals surface area contributed by atoms with Gasteiger partial charge in [-0.3, -0.25) is 4.79 Å². The van der Waals surface area contributed by atoms with Crippen LogP contribution >= 0.6 is 0 Å². The van der Waals surface area contributed by atoms with E-state index < -0.39 is 17.7 Å². The Balaban J connectivity index is 3.23. The van der Waals surface area contributed by atoms with E-state index in [0.717, 1.165) is 12.8 Å². The van der Waals surface area contributed by atoms with E-state index >= 15 is 0 Å². The minimum atomic E-state index is -0.948. The van der Waals surface area contributed by atoms with E-state index in [9.17, 15) is 14.3 Å². The molecule has 17 heavy (non-hydrogen) atoms. The molecule has 1 aromatic rings. The number of carbonyl (C=O) groups is 1. The average Bonchev–Trinajstić information content (AvgIpc) is 2.30. The van der Waals surface area contributed by atoms with Crippen molar-refractivity contribution in [3.63, 3.8) is 0 Å². The number of anilines is 1. The lowest BCUT2D eigenvalue weighted by atomic mass is 9.82. The smallest absolute Gasteiger partial charge is 0.311 e. The van der Waals surface area contributed by atoms with Crippen molar-refractivity contribution >= 4 is 11.7 Å². The van der Waals surface area contributed by atoms with Crippen LogP contribution in [0.15, 0.2) is 18.2 Å². The van der Waals surface area contributed by atoms with E-state index in [2.05, 4.69) is 0 Å². The Kier molecular flexibility index (Phi) is 4.49. The Labute approximate surface area is 100 Å². The topological polar surface area (TPSA) is 63.3 Å². The molecule has 0 heterocycles. The van der Waals surface area contributed by atoms with Crippen LogP contribution in [0.25, 0.3) is 0 Å². The van der Waals surface area contributed by atoms with Gasteiger partial charge in [0.05, 0.1) is 11.6 Å². The third-order valence-electron chi connectivity index (χ3n) is 3.21. The molecule has 4 heteroatoms. The van der Waals surface area contributed by atoms with Crippen LogP contribution in [-0.4, -0.2) is 11.1 Å². The van der Waals surface area contributed by atoms with Crippen LogP contribution in [0.2, 0.25) is 0 Å². The van der Waals surface area contributed by atoms with Crippen molar-refractivity contribution in [2.45, 2.75) is 32.6 Å². The molecule has 1 aromatic carbocycles. The standard InChI is InChI=1S/C13H18FNO2/c1-3-8(4-2)11(13(16)17)9-6-5-7-10(14)12(9)15/h5-8,11H,3-4,15H2,1-2H3,(H,16,17). The number of hydrogen-bond donors (Lipinski definition) is 2. The Hall–Kier alpha value is -1.58. The quantitative estimate of drug-likeness (QED) is 0.776. The maximum atomic E-state index is 13.4. The normalized spacial score (nSPS) is 12.7. The van der Waals surface area contributed by atoms with Gasteiger partial charge in [0, 0.05) is 0 Å². The van der Waals surface area contributed by atoms with Gasteiger partial charge in [0.2, 0.25) is 0 Å². The number of rotatable bonds is 5. The van der Waals surface area contributed by atoms with E-state index in [1.54, 1.807) is 6.07 Å². The predicted molar refractivity (Wildman–Crippen MR) is 65.3 cm³/mol. The second-order valence-corrected chi connectivity index (χ2v) is 4.14. The second kappa shape index (κ2) is 5.66. The van der Waals surface area contributed by atoms with E-state index in [-0.39, 0.29) is 11.6 Å². The SMILES string of the molecule is CCC(CC)C(C(=O)O)c1cccc(F)c1N. The summed E-state index contributed by atoms with van der Waals surface area (Å²) in [6, 6.07) is 4.33. The molecule has 0 saturated heterocycles. The molecule has 3 N–H and O–H groups in total. The van der Waals surface area contributed by atoms with Gasteiger partial charge in [0.1, 0.15) is 5.82 Å². The van der Waals surface area contributed by atoms with Gasteiger partial charge in [0.25, 0.3) is 0 Å². The summed E-state index contributed by atoms with van der Waals surface area (Å²) in [5.74, 6) is -2.27. The Morgan fingerprint density at radius 1 is 1.41 bits per heavy atom. The molecule has 1 rings (SSSR count). The molecule has 0 spiro atoms. The number of carboxylic acid groups (broad SMARTS) is 1. The molecule has 3 nitrogen and oxygen atoms in total. The van der Waals surface area contributed by atoms with E-state index in [4.69, 9.17) is 5.73 Å². The fraction of sp³-hybridized carbons (Fsp3) is 0.462. The molecular weight excluding hydrogens is 221 g/mol. The summed E-state index contributed by atoms with van der Waals surface area (Å²) in [7, 11) is 0. The Morgan fingerprint density at radius 2 is 2.00 bits per heavy atom. The lowest BCUT2D eigenvalue weighted by molar-refractivity contribution is -0.140.